The van der Waals surface area contributed by atoms with E-state index in [4.69, 9.17) is 4.74 Å². The van der Waals surface area contributed by atoms with E-state index in [1.54, 1.807) is 7.11 Å². The van der Waals surface area contributed by atoms with Crippen molar-refractivity contribution >= 4 is 5.91 Å². The second-order valence-corrected chi connectivity index (χ2v) is 7.60. The van der Waals surface area contributed by atoms with E-state index < -0.39 is 0 Å². The molecular weight excluding hydrogens is 312 g/mol. The molecule has 2 aliphatic rings. The highest BCUT2D eigenvalue weighted by Crippen LogP contribution is 2.31. The van der Waals surface area contributed by atoms with Gasteiger partial charge in [0.05, 0.1) is 5.92 Å². The highest BCUT2D eigenvalue weighted by Gasteiger charge is 2.36. The van der Waals surface area contributed by atoms with Crippen molar-refractivity contribution in [3.63, 3.8) is 0 Å². The molecule has 1 aliphatic carbocycles. The largest absolute Gasteiger partial charge is 0.385 e. The highest BCUT2D eigenvalue weighted by molar-refractivity contribution is 5.80. The van der Waals surface area contributed by atoms with Crippen molar-refractivity contribution in [1.82, 2.24) is 10.2 Å². The molecule has 1 aliphatic heterocycles. The Balaban J connectivity index is 1.69. The Hall–Kier alpha value is -1.39. The van der Waals surface area contributed by atoms with Crippen LogP contribution in [0.2, 0.25) is 0 Å². The standard InChI is InChI=1S/C21H32N2O2/c1-16-7-8-17(5-4-12-25-2)13-19(16)15-23(20-9-10-20)21(24)18-6-3-11-22-14-18/h7-8,13,18,20,22H,3-6,9-12,14-15H2,1-2H3/t18-/m1/s1. The SMILES string of the molecule is COCCCc1ccc(C)c(CN(C(=O)[C@@H]2CCCNC2)C2CC2)c1. The van der Waals surface area contributed by atoms with E-state index in [2.05, 4.69) is 35.3 Å². The lowest BCUT2D eigenvalue weighted by atomic mass is 9.97. The number of benzene rings is 1. The Morgan fingerprint density at radius 2 is 2.16 bits per heavy atom. The third-order valence-electron chi connectivity index (χ3n) is 5.48. The van der Waals surface area contributed by atoms with Gasteiger partial charge in [-0.05, 0) is 68.7 Å². The molecule has 0 radical (unpaired) electrons. The number of aryl methyl sites for hydroxylation is 2. The molecule has 0 spiro atoms. The lowest BCUT2D eigenvalue weighted by molar-refractivity contribution is -0.137. The van der Waals surface area contributed by atoms with Gasteiger partial charge in [-0.3, -0.25) is 4.79 Å². The number of carbonyl (C=O) groups is 1. The topological polar surface area (TPSA) is 41.6 Å². The first kappa shape index (κ1) is 18.4. The Labute approximate surface area is 151 Å². The minimum absolute atomic E-state index is 0.166. The van der Waals surface area contributed by atoms with Crippen LogP contribution in [0.4, 0.5) is 0 Å². The van der Waals surface area contributed by atoms with E-state index in [-0.39, 0.29) is 5.92 Å². The van der Waals surface area contributed by atoms with Gasteiger partial charge < -0.3 is 15.0 Å². The predicted molar refractivity (Wildman–Crippen MR) is 101 cm³/mol. The molecule has 0 unspecified atom stereocenters. The maximum Gasteiger partial charge on any atom is 0.227 e. The Kier molecular flexibility index (Phi) is 6.49. The van der Waals surface area contributed by atoms with E-state index in [1.807, 2.05) is 0 Å². The monoisotopic (exact) mass is 344 g/mol. The number of carbonyl (C=O) groups excluding carboxylic acids is 1. The van der Waals surface area contributed by atoms with E-state index in [0.717, 1.165) is 51.9 Å². The van der Waals surface area contributed by atoms with Gasteiger partial charge in [0, 0.05) is 32.8 Å². The molecule has 3 rings (SSSR count). The van der Waals surface area contributed by atoms with Crippen LogP contribution in [0.25, 0.3) is 0 Å². The van der Waals surface area contributed by atoms with Crippen LogP contribution >= 0.6 is 0 Å². The normalized spacial score (nSPS) is 20.5. The highest BCUT2D eigenvalue weighted by atomic mass is 16.5. The summed E-state index contributed by atoms with van der Waals surface area (Å²) in [6.07, 6.45) is 6.55. The van der Waals surface area contributed by atoms with Crippen LogP contribution in [0.5, 0.6) is 0 Å². The predicted octanol–water partition coefficient (Wildman–Crippen LogP) is 3.06. The molecule has 0 aromatic heterocycles. The first-order valence-electron chi connectivity index (χ1n) is 9.77. The Morgan fingerprint density at radius 3 is 2.84 bits per heavy atom. The van der Waals surface area contributed by atoms with E-state index in [0.29, 0.717) is 11.9 Å². The fourth-order valence-electron chi connectivity index (χ4n) is 3.73. The van der Waals surface area contributed by atoms with Crippen LogP contribution in [0.3, 0.4) is 0 Å². The number of methoxy groups -OCH3 is 1. The summed E-state index contributed by atoms with van der Waals surface area (Å²) in [5, 5.41) is 3.38. The zero-order valence-electron chi connectivity index (χ0n) is 15.7. The number of piperidine rings is 1. The first-order chi connectivity index (χ1) is 12.2. The van der Waals surface area contributed by atoms with Gasteiger partial charge in [-0.2, -0.15) is 0 Å². The number of rotatable bonds is 8. The van der Waals surface area contributed by atoms with Crippen molar-refractivity contribution in [2.45, 2.75) is 58.0 Å². The average Bonchev–Trinajstić information content (AvgIpc) is 3.47. The third-order valence-corrected chi connectivity index (χ3v) is 5.48. The van der Waals surface area contributed by atoms with Crippen LogP contribution in [-0.4, -0.2) is 43.7 Å². The van der Waals surface area contributed by atoms with E-state index in [9.17, 15) is 4.79 Å². The molecule has 1 atom stereocenters. The average molecular weight is 344 g/mol. The molecule has 0 bridgehead atoms. The van der Waals surface area contributed by atoms with Crippen LogP contribution in [-0.2, 0) is 22.5 Å². The van der Waals surface area contributed by atoms with E-state index >= 15 is 0 Å². The van der Waals surface area contributed by atoms with Crippen LogP contribution in [0, 0.1) is 12.8 Å². The van der Waals surface area contributed by atoms with Crippen LogP contribution in [0.1, 0.15) is 48.8 Å². The van der Waals surface area contributed by atoms with Gasteiger partial charge in [0.25, 0.3) is 0 Å². The molecule has 4 nitrogen and oxygen atoms in total. The van der Waals surface area contributed by atoms with Gasteiger partial charge in [-0.15, -0.1) is 0 Å². The second-order valence-electron chi connectivity index (χ2n) is 7.60. The van der Waals surface area contributed by atoms with Gasteiger partial charge in [0.15, 0.2) is 0 Å². The van der Waals surface area contributed by atoms with Gasteiger partial charge in [-0.25, -0.2) is 0 Å². The molecule has 4 heteroatoms. The summed E-state index contributed by atoms with van der Waals surface area (Å²) >= 11 is 0. The second kappa shape index (κ2) is 8.81. The molecule has 1 amide bonds. The molecule has 138 valence electrons. The number of amides is 1. The lowest BCUT2D eigenvalue weighted by Crippen LogP contribution is -2.43. The Morgan fingerprint density at radius 1 is 1.32 bits per heavy atom. The van der Waals surface area contributed by atoms with Crippen LogP contribution < -0.4 is 5.32 Å². The molecule has 1 heterocycles. The maximum absolute atomic E-state index is 13.1. The van der Waals surface area contributed by atoms with E-state index in [1.165, 1.54) is 29.5 Å². The Bertz CT molecular complexity index is 577. The van der Waals surface area contributed by atoms with Gasteiger partial charge in [0.2, 0.25) is 5.91 Å². The third kappa shape index (κ3) is 5.05. The zero-order chi connectivity index (χ0) is 17.6. The molecule has 2 fully saturated rings. The first-order valence-corrected chi connectivity index (χ1v) is 9.77. The molecule has 1 aromatic carbocycles. The minimum atomic E-state index is 0.166. The number of nitrogens with one attached hydrogen (secondary N) is 1. The number of hydrogen-bond acceptors (Lipinski definition) is 3. The molecule has 1 aromatic rings. The van der Waals surface area contributed by atoms with Crippen molar-refractivity contribution < 1.29 is 9.53 Å². The quantitative estimate of drug-likeness (QED) is 0.737. The van der Waals surface area contributed by atoms with Crippen LogP contribution in [0.15, 0.2) is 18.2 Å². The summed E-state index contributed by atoms with van der Waals surface area (Å²) < 4.78 is 5.16. The summed E-state index contributed by atoms with van der Waals surface area (Å²) in [6.45, 7) is 5.62. The zero-order valence-corrected chi connectivity index (χ0v) is 15.7. The number of nitrogens with zero attached hydrogens (tertiary/aromatic N) is 1. The smallest absolute Gasteiger partial charge is 0.227 e. The summed E-state index contributed by atoms with van der Waals surface area (Å²) in [5.74, 6) is 0.526. The molecule has 1 saturated carbocycles. The fraction of sp³-hybridized carbons (Fsp3) is 0.667. The van der Waals surface area contributed by atoms with Gasteiger partial charge in [0.1, 0.15) is 0 Å². The molecular formula is C21H32N2O2. The maximum atomic E-state index is 13.1. The number of ether oxygens (including phenoxy) is 1. The van der Waals surface area contributed by atoms with Crippen molar-refractivity contribution in [2.75, 3.05) is 26.8 Å². The summed E-state index contributed by atoms with van der Waals surface area (Å²) in [7, 11) is 1.75. The molecule has 1 saturated heterocycles. The van der Waals surface area contributed by atoms with Crippen molar-refractivity contribution in [2.24, 2.45) is 5.92 Å². The van der Waals surface area contributed by atoms with Crippen molar-refractivity contribution in [1.29, 1.82) is 0 Å². The molecule has 25 heavy (non-hydrogen) atoms. The van der Waals surface area contributed by atoms with Gasteiger partial charge >= 0.3 is 0 Å². The van der Waals surface area contributed by atoms with Crippen molar-refractivity contribution in [3.05, 3.63) is 34.9 Å². The number of hydrogen-bond donors (Lipinski definition) is 1. The van der Waals surface area contributed by atoms with Gasteiger partial charge in [-0.1, -0.05) is 18.2 Å². The lowest BCUT2D eigenvalue weighted by Gasteiger charge is -2.30. The summed E-state index contributed by atoms with van der Waals surface area (Å²) in [4.78, 5) is 15.2. The fourth-order valence-corrected chi connectivity index (χ4v) is 3.73. The summed E-state index contributed by atoms with van der Waals surface area (Å²) in [6, 6.07) is 7.18. The molecule has 1 N–H and O–H groups in total. The minimum Gasteiger partial charge on any atom is -0.385 e. The van der Waals surface area contributed by atoms with Crippen molar-refractivity contribution in [3.8, 4) is 0 Å². The summed E-state index contributed by atoms with van der Waals surface area (Å²) in [5.41, 5.74) is 3.94.